The smallest absolute Gasteiger partial charge is 0.227 e. The molecular formula is C29H30ClN3O. The summed E-state index contributed by atoms with van der Waals surface area (Å²) in [6.07, 6.45) is 1.76. The Morgan fingerprint density at radius 3 is 2.47 bits per heavy atom. The second-order valence-corrected chi connectivity index (χ2v) is 9.75. The van der Waals surface area contributed by atoms with Crippen molar-refractivity contribution in [3.8, 4) is 0 Å². The summed E-state index contributed by atoms with van der Waals surface area (Å²) in [6.45, 7) is 5.56. The first kappa shape index (κ1) is 22.7. The molecule has 4 nitrogen and oxygen atoms in total. The summed E-state index contributed by atoms with van der Waals surface area (Å²) < 4.78 is 2.40. The van der Waals surface area contributed by atoms with Crippen molar-refractivity contribution in [3.05, 3.63) is 101 Å². The van der Waals surface area contributed by atoms with Gasteiger partial charge in [0.25, 0.3) is 0 Å². The van der Waals surface area contributed by atoms with Crippen molar-refractivity contribution >= 4 is 34.1 Å². The van der Waals surface area contributed by atoms with Crippen molar-refractivity contribution in [2.24, 2.45) is 5.92 Å². The predicted molar refractivity (Wildman–Crippen MR) is 140 cm³/mol. The molecule has 3 aromatic carbocycles. The zero-order valence-corrected chi connectivity index (χ0v) is 20.3. The first-order chi connectivity index (χ1) is 16.5. The summed E-state index contributed by atoms with van der Waals surface area (Å²) in [5, 5.41) is 5.11. The number of fused-ring (bicyclic) bond motifs is 1. The number of amides is 1. The molecule has 2 heterocycles. The quantitative estimate of drug-likeness (QED) is 0.348. The molecule has 34 heavy (non-hydrogen) atoms. The zero-order valence-electron chi connectivity index (χ0n) is 19.5. The molecule has 0 aliphatic carbocycles. The minimum absolute atomic E-state index is 0.0647. The number of piperidine rings is 1. The summed E-state index contributed by atoms with van der Waals surface area (Å²) >= 11 is 6.25. The third kappa shape index (κ3) is 5.19. The van der Waals surface area contributed by atoms with Crippen LogP contribution < -0.4 is 5.32 Å². The van der Waals surface area contributed by atoms with E-state index in [0.29, 0.717) is 0 Å². The van der Waals surface area contributed by atoms with Crippen LogP contribution in [-0.4, -0.2) is 28.5 Å². The van der Waals surface area contributed by atoms with E-state index in [1.165, 1.54) is 27.7 Å². The van der Waals surface area contributed by atoms with Crippen LogP contribution in [0.15, 0.2) is 78.9 Å². The zero-order chi connectivity index (χ0) is 23.5. The van der Waals surface area contributed by atoms with Gasteiger partial charge in [-0.05, 0) is 80.2 Å². The third-order valence-electron chi connectivity index (χ3n) is 6.79. The molecule has 0 spiro atoms. The second-order valence-electron chi connectivity index (χ2n) is 9.32. The number of aryl methyl sites for hydroxylation is 1. The maximum absolute atomic E-state index is 12.8. The highest BCUT2D eigenvalue weighted by Gasteiger charge is 2.26. The highest BCUT2D eigenvalue weighted by molar-refractivity contribution is 6.30. The van der Waals surface area contributed by atoms with Crippen molar-refractivity contribution in [1.29, 1.82) is 0 Å². The number of aromatic nitrogens is 1. The van der Waals surface area contributed by atoms with Crippen molar-refractivity contribution in [2.45, 2.75) is 32.9 Å². The number of carbonyl (C=O) groups is 1. The molecule has 5 heteroatoms. The monoisotopic (exact) mass is 471 g/mol. The number of nitrogens with one attached hydrogen (secondary N) is 1. The molecular weight excluding hydrogens is 442 g/mol. The van der Waals surface area contributed by atoms with Gasteiger partial charge < -0.3 is 9.88 Å². The minimum Gasteiger partial charge on any atom is -0.339 e. The lowest BCUT2D eigenvalue weighted by Gasteiger charge is -2.31. The molecule has 1 N–H and O–H groups in total. The van der Waals surface area contributed by atoms with E-state index in [0.717, 1.165) is 49.7 Å². The van der Waals surface area contributed by atoms with Crippen LogP contribution in [0.1, 0.15) is 29.7 Å². The Hall–Kier alpha value is -3.08. The standard InChI is InChI=1S/C29H30ClN3O/c1-21-9-11-26(12-10-21)31-29(34)23-13-15-32(16-14-23)20-27-18-24-6-2-3-8-28(24)33(27)19-22-5-4-7-25(30)17-22/h2-12,17-18,23H,13-16,19-20H2,1H3,(H,31,34). The fourth-order valence-corrected chi connectivity index (χ4v) is 5.08. The molecule has 1 aromatic heterocycles. The maximum atomic E-state index is 12.8. The van der Waals surface area contributed by atoms with E-state index in [-0.39, 0.29) is 11.8 Å². The van der Waals surface area contributed by atoms with Crippen LogP contribution in [0.3, 0.4) is 0 Å². The molecule has 4 aromatic rings. The SMILES string of the molecule is Cc1ccc(NC(=O)C2CCN(Cc3cc4ccccc4n3Cc3cccc(Cl)c3)CC2)cc1. The predicted octanol–water partition coefficient (Wildman–Crippen LogP) is 6.50. The molecule has 1 amide bonds. The van der Waals surface area contributed by atoms with E-state index in [4.69, 9.17) is 11.6 Å². The topological polar surface area (TPSA) is 37.3 Å². The Morgan fingerprint density at radius 1 is 0.941 bits per heavy atom. The number of rotatable bonds is 6. The summed E-state index contributed by atoms with van der Waals surface area (Å²) in [5.41, 5.74) is 5.80. The number of para-hydroxylation sites is 1. The highest BCUT2D eigenvalue weighted by Crippen LogP contribution is 2.26. The van der Waals surface area contributed by atoms with E-state index in [1.807, 2.05) is 42.5 Å². The van der Waals surface area contributed by atoms with E-state index < -0.39 is 0 Å². The molecule has 0 atom stereocenters. The van der Waals surface area contributed by atoms with Gasteiger partial charge in [0.2, 0.25) is 5.91 Å². The van der Waals surface area contributed by atoms with E-state index in [9.17, 15) is 4.79 Å². The molecule has 5 rings (SSSR count). The number of carbonyl (C=O) groups excluding carboxylic acids is 1. The fourth-order valence-electron chi connectivity index (χ4n) is 4.87. The highest BCUT2D eigenvalue weighted by atomic mass is 35.5. The van der Waals surface area contributed by atoms with Crippen LogP contribution >= 0.6 is 11.6 Å². The number of likely N-dealkylation sites (tertiary alicyclic amines) is 1. The third-order valence-corrected chi connectivity index (χ3v) is 7.02. The number of hydrogen-bond donors (Lipinski definition) is 1. The van der Waals surface area contributed by atoms with Gasteiger partial charge >= 0.3 is 0 Å². The molecule has 1 saturated heterocycles. The van der Waals surface area contributed by atoms with Crippen LogP contribution in [0.2, 0.25) is 5.02 Å². The Bertz CT molecular complexity index is 1290. The molecule has 1 aliphatic rings. The number of benzene rings is 3. The lowest BCUT2D eigenvalue weighted by atomic mass is 9.95. The molecule has 1 aliphatic heterocycles. The van der Waals surface area contributed by atoms with Gasteiger partial charge in [-0.25, -0.2) is 0 Å². The van der Waals surface area contributed by atoms with E-state index in [1.54, 1.807) is 0 Å². The van der Waals surface area contributed by atoms with Crippen LogP contribution in [0.25, 0.3) is 10.9 Å². The Labute approximate surface area is 206 Å². The van der Waals surface area contributed by atoms with Crippen LogP contribution in [0, 0.1) is 12.8 Å². The van der Waals surface area contributed by atoms with Crippen molar-refractivity contribution < 1.29 is 4.79 Å². The average Bonchev–Trinajstić information content (AvgIpc) is 3.18. The van der Waals surface area contributed by atoms with Gasteiger partial charge in [0.05, 0.1) is 0 Å². The van der Waals surface area contributed by atoms with Crippen LogP contribution in [-0.2, 0) is 17.9 Å². The molecule has 1 fully saturated rings. The first-order valence-electron chi connectivity index (χ1n) is 12.0. The Kier molecular flexibility index (Phi) is 6.70. The van der Waals surface area contributed by atoms with Gasteiger partial charge in [0, 0.05) is 40.9 Å². The summed E-state index contributed by atoms with van der Waals surface area (Å²) in [5.74, 6) is 0.202. The average molecular weight is 472 g/mol. The second kappa shape index (κ2) is 10.0. The van der Waals surface area contributed by atoms with Crippen molar-refractivity contribution in [2.75, 3.05) is 18.4 Å². The molecule has 0 unspecified atom stereocenters. The summed E-state index contributed by atoms with van der Waals surface area (Å²) in [6, 6.07) is 26.9. The number of anilines is 1. The number of nitrogens with zero attached hydrogens (tertiary/aromatic N) is 2. The largest absolute Gasteiger partial charge is 0.339 e. The Balaban J connectivity index is 1.26. The van der Waals surface area contributed by atoms with Gasteiger partial charge in [-0.15, -0.1) is 0 Å². The molecule has 0 radical (unpaired) electrons. The Morgan fingerprint density at radius 2 is 1.71 bits per heavy atom. The van der Waals surface area contributed by atoms with Crippen molar-refractivity contribution in [3.63, 3.8) is 0 Å². The molecule has 174 valence electrons. The molecule has 0 saturated carbocycles. The van der Waals surface area contributed by atoms with Gasteiger partial charge in [-0.2, -0.15) is 0 Å². The lowest BCUT2D eigenvalue weighted by molar-refractivity contribution is -0.121. The lowest BCUT2D eigenvalue weighted by Crippen LogP contribution is -2.38. The van der Waals surface area contributed by atoms with Crippen molar-refractivity contribution in [1.82, 2.24) is 9.47 Å². The molecule has 0 bridgehead atoms. The number of halogens is 1. The van der Waals surface area contributed by atoms with Gasteiger partial charge in [-0.3, -0.25) is 9.69 Å². The van der Waals surface area contributed by atoms with Gasteiger partial charge in [0.1, 0.15) is 0 Å². The van der Waals surface area contributed by atoms with Crippen LogP contribution in [0.5, 0.6) is 0 Å². The van der Waals surface area contributed by atoms with Gasteiger partial charge in [0.15, 0.2) is 0 Å². The van der Waals surface area contributed by atoms with Crippen LogP contribution in [0.4, 0.5) is 5.69 Å². The summed E-state index contributed by atoms with van der Waals surface area (Å²) in [4.78, 5) is 15.2. The van der Waals surface area contributed by atoms with E-state index in [2.05, 4.69) is 58.1 Å². The number of hydrogen-bond acceptors (Lipinski definition) is 2. The minimum atomic E-state index is 0.0647. The summed E-state index contributed by atoms with van der Waals surface area (Å²) in [7, 11) is 0. The van der Waals surface area contributed by atoms with E-state index >= 15 is 0 Å². The first-order valence-corrected chi connectivity index (χ1v) is 12.3. The fraction of sp³-hybridized carbons (Fsp3) is 0.276. The van der Waals surface area contributed by atoms with Gasteiger partial charge in [-0.1, -0.05) is 59.6 Å². The maximum Gasteiger partial charge on any atom is 0.227 e. The normalized spacial score (nSPS) is 15.0.